The number of nitrogens with zero attached hydrogens (tertiary/aromatic N) is 1. The highest BCUT2D eigenvalue weighted by Crippen LogP contribution is 2.26. The number of carbonyl (C=O) groups excluding carboxylic acids is 1. The molecule has 124 valence electrons. The summed E-state index contributed by atoms with van der Waals surface area (Å²) in [5.41, 5.74) is 2.58. The van der Waals surface area contributed by atoms with Gasteiger partial charge in [0.05, 0.1) is 6.04 Å². The van der Waals surface area contributed by atoms with Crippen LogP contribution < -0.4 is 5.32 Å². The largest absolute Gasteiger partial charge is 0.333 e. The molecule has 22 heavy (non-hydrogen) atoms. The molecule has 4 heteroatoms. The number of hydrogen-bond acceptors (Lipinski definition) is 2. The lowest BCUT2D eigenvalue weighted by atomic mass is 9.94. The number of halogens is 1. The second-order valence-corrected chi connectivity index (χ2v) is 6.38. The Balaban J connectivity index is 0.00000242. The van der Waals surface area contributed by atoms with Crippen LogP contribution >= 0.6 is 12.4 Å². The third kappa shape index (κ3) is 4.23. The highest BCUT2D eigenvalue weighted by atomic mass is 35.5. The zero-order chi connectivity index (χ0) is 15.4. The zero-order valence-electron chi connectivity index (χ0n) is 14.1. The van der Waals surface area contributed by atoms with E-state index in [0.29, 0.717) is 5.92 Å². The topological polar surface area (TPSA) is 32.3 Å². The fraction of sp³-hybridized carbons (Fsp3) is 0.611. The van der Waals surface area contributed by atoms with Crippen molar-refractivity contribution in [3.05, 3.63) is 35.4 Å². The Morgan fingerprint density at radius 1 is 1.27 bits per heavy atom. The lowest BCUT2D eigenvalue weighted by Gasteiger charge is -2.38. The van der Waals surface area contributed by atoms with Crippen molar-refractivity contribution >= 4 is 18.3 Å². The molecule has 0 aliphatic carbocycles. The first-order valence-electron chi connectivity index (χ1n) is 8.14. The fourth-order valence-electron chi connectivity index (χ4n) is 2.79. The molecule has 0 bridgehead atoms. The number of amides is 1. The molecule has 1 heterocycles. The first kappa shape index (κ1) is 19.0. The van der Waals surface area contributed by atoms with Gasteiger partial charge in [0.25, 0.3) is 0 Å². The normalized spacial score (nSPS) is 19.7. The van der Waals surface area contributed by atoms with Gasteiger partial charge >= 0.3 is 0 Å². The fourth-order valence-corrected chi connectivity index (χ4v) is 2.79. The number of piperazine rings is 1. The molecule has 3 nitrogen and oxygen atoms in total. The molecule has 2 unspecified atom stereocenters. The molecule has 1 N–H and O–H groups in total. The van der Waals surface area contributed by atoms with Gasteiger partial charge in [0, 0.05) is 25.6 Å². The maximum atomic E-state index is 12.7. The van der Waals surface area contributed by atoms with Gasteiger partial charge in [0.15, 0.2) is 0 Å². The molecule has 1 fully saturated rings. The van der Waals surface area contributed by atoms with E-state index in [0.717, 1.165) is 26.1 Å². The summed E-state index contributed by atoms with van der Waals surface area (Å²) in [5, 5.41) is 3.42. The third-order valence-electron chi connectivity index (χ3n) is 4.69. The van der Waals surface area contributed by atoms with Crippen LogP contribution in [0.5, 0.6) is 0 Å². The Hall–Kier alpha value is -1.06. The van der Waals surface area contributed by atoms with Crippen LogP contribution in [0.1, 0.15) is 44.9 Å². The SMILES string of the molecule is CCc1ccc(C2CNCCN2C(=O)C(C)C(C)C)cc1.Cl. The van der Waals surface area contributed by atoms with Gasteiger partial charge in [-0.15, -0.1) is 12.4 Å². The van der Waals surface area contributed by atoms with Crippen molar-refractivity contribution in [1.82, 2.24) is 10.2 Å². The lowest BCUT2D eigenvalue weighted by molar-refractivity contribution is -0.139. The first-order valence-corrected chi connectivity index (χ1v) is 8.14. The predicted molar refractivity (Wildman–Crippen MR) is 94.4 cm³/mol. The summed E-state index contributed by atoms with van der Waals surface area (Å²) in [6.07, 6.45) is 1.05. The van der Waals surface area contributed by atoms with E-state index >= 15 is 0 Å². The number of rotatable bonds is 4. The van der Waals surface area contributed by atoms with Crippen LogP contribution in [0.15, 0.2) is 24.3 Å². The predicted octanol–water partition coefficient (Wildman–Crippen LogP) is 3.44. The average Bonchev–Trinajstić information content (AvgIpc) is 2.53. The van der Waals surface area contributed by atoms with Crippen molar-refractivity contribution in [3.63, 3.8) is 0 Å². The highest BCUT2D eigenvalue weighted by Gasteiger charge is 2.31. The van der Waals surface area contributed by atoms with Gasteiger partial charge in [0.2, 0.25) is 5.91 Å². The van der Waals surface area contributed by atoms with Gasteiger partial charge in [-0.3, -0.25) is 4.79 Å². The maximum Gasteiger partial charge on any atom is 0.226 e. The molecule has 1 aromatic rings. The minimum Gasteiger partial charge on any atom is -0.333 e. The molecule has 1 amide bonds. The summed E-state index contributed by atoms with van der Waals surface area (Å²) < 4.78 is 0. The van der Waals surface area contributed by atoms with E-state index in [4.69, 9.17) is 0 Å². The van der Waals surface area contributed by atoms with Gasteiger partial charge in [-0.05, 0) is 23.5 Å². The van der Waals surface area contributed by atoms with Crippen LogP contribution in [0.3, 0.4) is 0 Å². The zero-order valence-corrected chi connectivity index (χ0v) is 15.0. The molecule has 1 aliphatic heterocycles. The standard InChI is InChI=1S/C18H28N2O.ClH/c1-5-15-6-8-16(9-7-15)17-12-19-10-11-20(17)18(21)14(4)13(2)3;/h6-9,13-14,17,19H,5,10-12H2,1-4H3;1H. The first-order chi connectivity index (χ1) is 10.0. The quantitative estimate of drug-likeness (QED) is 0.920. The molecule has 0 spiro atoms. The van der Waals surface area contributed by atoms with Crippen molar-refractivity contribution in [2.45, 2.75) is 40.2 Å². The van der Waals surface area contributed by atoms with E-state index in [1.54, 1.807) is 0 Å². The van der Waals surface area contributed by atoms with E-state index in [1.165, 1.54) is 11.1 Å². The van der Waals surface area contributed by atoms with E-state index in [-0.39, 0.29) is 30.3 Å². The van der Waals surface area contributed by atoms with Crippen LogP contribution in [0, 0.1) is 11.8 Å². The summed E-state index contributed by atoms with van der Waals surface area (Å²) in [4.78, 5) is 14.8. The molecule has 1 aliphatic rings. The van der Waals surface area contributed by atoms with Crippen molar-refractivity contribution in [3.8, 4) is 0 Å². The van der Waals surface area contributed by atoms with Gasteiger partial charge < -0.3 is 10.2 Å². The summed E-state index contributed by atoms with van der Waals surface area (Å²) in [6.45, 7) is 11.0. The number of hydrogen-bond donors (Lipinski definition) is 1. The van der Waals surface area contributed by atoms with Crippen molar-refractivity contribution in [1.29, 1.82) is 0 Å². The molecule has 1 aromatic carbocycles. The number of benzene rings is 1. The molecule has 2 atom stereocenters. The second-order valence-electron chi connectivity index (χ2n) is 6.38. The maximum absolute atomic E-state index is 12.7. The van der Waals surface area contributed by atoms with Crippen LogP contribution in [-0.2, 0) is 11.2 Å². The Bertz CT molecular complexity index is 472. The summed E-state index contributed by atoms with van der Waals surface area (Å²) >= 11 is 0. The van der Waals surface area contributed by atoms with Gasteiger partial charge in [-0.1, -0.05) is 52.0 Å². The van der Waals surface area contributed by atoms with Gasteiger partial charge in [0.1, 0.15) is 0 Å². The Morgan fingerprint density at radius 3 is 2.45 bits per heavy atom. The Labute approximate surface area is 140 Å². The second kappa shape index (κ2) is 8.54. The molecular formula is C18H29ClN2O. The number of nitrogens with one attached hydrogen (secondary N) is 1. The Kier molecular flexibility index (Phi) is 7.37. The number of carbonyl (C=O) groups is 1. The van der Waals surface area contributed by atoms with Crippen molar-refractivity contribution in [2.75, 3.05) is 19.6 Å². The lowest BCUT2D eigenvalue weighted by Crippen LogP contribution is -2.50. The Morgan fingerprint density at radius 2 is 1.91 bits per heavy atom. The van der Waals surface area contributed by atoms with Crippen molar-refractivity contribution < 1.29 is 4.79 Å². The van der Waals surface area contributed by atoms with Crippen LogP contribution in [-0.4, -0.2) is 30.4 Å². The van der Waals surface area contributed by atoms with Crippen LogP contribution in [0.25, 0.3) is 0 Å². The van der Waals surface area contributed by atoms with E-state index in [9.17, 15) is 4.79 Å². The van der Waals surface area contributed by atoms with Crippen molar-refractivity contribution in [2.24, 2.45) is 11.8 Å². The van der Waals surface area contributed by atoms with Crippen LogP contribution in [0.4, 0.5) is 0 Å². The third-order valence-corrected chi connectivity index (χ3v) is 4.69. The molecule has 0 saturated carbocycles. The summed E-state index contributed by atoms with van der Waals surface area (Å²) in [7, 11) is 0. The molecule has 0 aromatic heterocycles. The van der Waals surface area contributed by atoms with E-state index < -0.39 is 0 Å². The summed E-state index contributed by atoms with van der Waals surface area (Å²) in [6, 6.07) is 8.88. The summed E-state index contributed by atoms with van der Waals surface area (Å²) in [5.74, 6) is 0.757. The minimum absolute atomic E-state index is 0. The smallest absolute Gasteiger partial charge is 0.226 e. The minimum atomic E-state index is 0. The molecule has 2 rings (SSSR count). The monoisotopic (exact) mass is 324 g/mol. The number of aryl methyl sites for hydroxylation is 1. The van der Waals surface area contributed by atoms with Crippen LogP contribution in [0.2, 0.25) is 0 Å². The van der Waals surface area contributed by atoms with Gasteiger partial charge in [-0.25, -0.2) is 0 Å². The molecule has 0 radical (unpaired) electrons. The highest BCUT2D eigenvalue weighted by molar-refractivity contribution is 5.85. The average molecular weight is 325 g/mol. The molecule has 1 saturated heterocycles. The van der Waals surface area contributed by atoms with Gasteiger partial charge in [-0.2, -0.15) is 0 Å². The van der Waals surface area contributed by atoms with E-state index in [2.05, 4.69) is 55.3 Å². The molecular weight excluding hydrogens is 296 g/mol. The van der Waals surface area contributed by atoms with E-state index in [1.807, 2.05) is 6.92 Å².